The molecule has 1 aromatic carbocycles. The van der Waals surface area contributed by atoms with E-state index in [-0.39, 0.29) is 17.6 Å². The van der Waals surface area contributed by atoms with Gasteiger partial charge in [0.2, 0.25) is 5.89 Å². The molecule has 23 heavy (non-hydrogen) atoms. The predicted octanol–water partition coefficient (Wildman–Crippen LogP) is 3.46. The topological polar surface area (TPSA) is 55.3 Å². The lowest BCUT2D eigenvalue weighted by Gasteiger charge is -2.12. The summed E-state index contributed by atoms with van der Waals surface area (Å²) in [6, 6.07) is 10.3. The van der Waals surface area contributed by atoms with Gasteiger partial charge in [0.1, 0.15) is 11.6 Å². The van der Waals surface area contributed by atoms with E-state index in [9.17, 15) is 4.39 Å². The molecule has 0 saturated carbocycles. The molecule has 5 nitrogen and oxygen atoms in total. The van der Waals surface area contributed by atoms with Gasteiger partial charge in [-0.3, -0.25) is 4.90 Å². The van der Waals surface area contributed by atoms with Crippen molar-refractivity contribution in [3.05, 3.63) is 60.1 Å². The maximum Gasteiger partial charge on any atom is 0.250 e. The number of likely N-dealkylation sites (tertiary alicyclic amines) is 1. The van der Waals surface area contributed by atoms with Crippen LogP contribution in [0, 0.1) is 5.82 Å². The first-order chi connectivity index (χ1) is 11.3. The van der Waals surface area contributed by atoms with Crippen molar-refractivity contribution < 1.29 is 13.2 Å². The molecule has 1 saturated heterocycles. The van der Waals surface area contributed by atoms with Gasteiger partial charge in [-0.05, 0) is 37.2 Å². The van der Waals surface area contributed by atoms with Crippen LogP contribution in [0.5, 0.6) is 0 Å². The van der Waals surface area contributed by atoms with E-state index < -0.39 is 0 Å². The van der Waals surface area contributed by atoms with E-state index >= 15 is 0 Å². The van der Waals surface area contributed by atoms with Gasteiger partial charge >= 0.3 is 0 Å². The Morgan fingerprint density at radius 3 is 2.91 bits per heavy atom. The molecule has 0 amide bonds. The molecule has 0 N–H and O–H groups in total. The second-order valence-corrected chi connectivity index (χ2v) is 5.73. The summed E-state index contributed by atoms with van der Waals surface area (Å²) in [6.45, 7) is 2.56. The molecule has 2 aromatic heterocycles. The SMILES string of the molecule is Fc1ccccc1-c1nnc([C@H]2CCN(Cc3ccco3)C2)o1. The Kier molecular flexibility index (Phi) is 3.67. The van der Waals surface area contributed by atoms with Crippen LogP contribution in [0.4, 0.5) is 4.39 Å². The average Bonchev–Trinajstić information content (AvgIpc) is 3.29. The monoisotopic (exact) mass is 313 g/mol. The van der Waals surface area contributed by atoms with Crippen molar-refractivity contribution >= 4 is 0 Å². The zero-order chi connectivity index (χ0) is 15.6. The van der Waals surface area contributed by atoms with E-state index in [1.54, 1.807) is 24.5 Å². The first kappa shape index (κ1) is 14.1. The maximum absolute atomic E-state index is 13.8. The van der Waals surface area contributed by atoms with E-state index in [0.717, 1.165) is 31.8 Å². The Morgan fingerprint density at radius 2 is 2.09 bits per heavy atom. The highest BCUT2D eigenvalue weighted by atomic mass is 19.1. The lowest BCUT2D eigenvalue weighted by molar-refractivity contribution is 0.290. The molecule has 3 heterocycles. The summed E-state index contributed by atoms with van der Waals surface area (Å²) >= 11 is 0. The summed E-state index contributed by atoms with van der Waals surface area (Å²) in [5.74, 6) is 1.59. The Morgan fingerprint density at radius 1 is 1.17 bits per heavy atom. The normalized spacial score (nSPS) is 18.6. The summed E-state index contributed by atoms with van der Waals surface area (Å²) in [4.78, 5) is 2.29. The van der Waals surface area contributed by atoms with Crippen molar-refractivity contribution in [1.82, 2.24) is 15.1 Å². The van der Waals surface area contributed by atoms with Gasteiger partial charge in [0, 0.05) is 6.54 Å². The summed E-state index contributed by atoms with van der Waals surface area (Å²) in [6.07, 6.45) is 2.63. The van der Waals surface area contributed by atoms with Crippen molar-refractivity contribution in [2.45, 2.75) is 18.9 Å². The maximum atomic E-state index is 13.8. The lowest BCUT2D eigenvalue weighted by Crippen LogP contribution is -2.19. The zero-order valence-electron chi connectivity index (χ0n) is 12.5. The number of furan rings is 1. The highest BCUT2D eigenvalue weighted by molar-refractivity contribution is 5.53. The van der Waals surface area contributed by atoms with Gasteiger partial charge < -0.3 is 8.83 Å². The summed E-state index contributed by atoms with van der Waals surface area (Å²) in [5, 5.41) is 8.11. The highest BCUT2D eigenvalue weighted by Gasteiger charge is 2.29. The van der Waals surface area contributed by atoms with Gasteiger partial charge in [-0.25, -0.2) is 4.39 Å². The third kappa shape index (κ3) is 2.90. The van der Waals surface area contributed by atoms with Crippen LogP contribution in [0.1, 0.15) is 24.0 Å². The Labute approximate surface area is 132 Å². The number of halogens is 1. The minimum Gasteiger partial charge on any atom is -0.468 e. The molecular formula is C17H16FN3O2. The molecule has 0 spiro atoms. The smallest absolute Gasteiger partial charge is 0.250 e. The fraction of sp³-hybridized carbons (Fsp3) is 0.294. The Balaban J connectivity index is 1.47. The van der Waals surface area contributed by atoms with Gasteiger partial charge in [-0.1, -0.05) is 12.1 Å². The molecule has 1 fully saturated rings. The molecule has 0 aliphatic carbocycles. The Bertz CT molecular complexity index is 785. The molecule has 118 valence electrons. The zero-order valence-corrected chi connectivity index (χ0v) is 12.5. The first-order valence-corrected chi connectivity index (χ1v) is 7.62. The van der Waals surface area contributed by atoms with Crippen LogP contribution in [-0.2, 0) is 6.54 Å². The second kappa shape index (κ2) is 5.96. The number of hydrogen-bond donors (Lipinski definition) is 0. The van der Waals surface area contributed by atoms with Crippen molar-refractivity contribution in [3.8, 4) is 11.5 Å². The van der Waals surface area contributed by atoms with Gasteiger partial charge in [-0.15, -0.1) is 10.2 Å². The predicted molar refractivity (Wildman–Crippen MR) is 81.0 cm³/mol. The molecule has 6 heteroatoms. The third-order valence-electron chi connectivity index (χ3n) is 4.13. The highest BCUT2D eigenvalue weighted by Crippen LogP contribution is 2.30. The molecule has 4 rings (SSSR count). The number of benzene rings is 1. The number of hydrogen-bond acceptors (Lipinski definition) is 5. The standard InChI is InChI=1S/C17H16FN3O2/c18-15-6-2-1-5-14(15)17-20-19-16(23-17)12-7-8-21(10-12)11-13-4-3-9-22-13/h1-6,9,12H,7-8,10-11H2/t12-/m0/s1. The first-order valence-electron chi connectivity index (χ1n) is 7.62. The van der Waals surface area contributed by atoms with Crippen LogP contribution in [0.2, 0.25) is 0 Å². The van der Waals surface area contributed by atoms with Crippen LogP contribution in [-0.4, -0.2) is 28.2 Å². The van der Waals surface area contributed by atoms with Gasteiger partial charge in [0.05, 0.1) is 24.3 Å². The van der Waals surface area contributed by atoms with Crippen molar-refractivity contribution in [3.63, 3.8) is 0 Å². The number of nitrogens with zero attached hydrogens (tertiary/aromatic N) is 3. The van der Waals surface area contributed by atoms with E-state index in [0.29, 0.717) is 11.5 Å². The van der Waals surface area contributed by atoms with Gasteiger partial charge in [0.15, 0.2) is 0 Å². The molecular weight excluding hydrogens is 297 g/mol. The minimum absolute atomic E-state index is 0.179. The molecule has 0 radical (unpaired) electrons. The summed E-state index contributed by atoms with van der Waals surface area (Å²) in [7, 11) is 0. The summed E-state index contributed by atoms with van der Waals surface area (Å²) < 4.78 is 24.9. The van der Waals surface area contributed by atoms with Crippen LogP contribution >= 0.6 is 0 Å². The van der Waals surface area contributed by atoms with E-state index in [4.69, 9.17) is 8.83 Å². The summed E-state index contributed by atoms with van der Waals surface area (Å²) in [5.41, 5.74) is 0.344. The molecule has 1 aliphatic heterocycles. The lowest BCUT2D eigenvalue weighted by atomic mass is 10.1. The van der Waals surface area contributed by atoms with Crippen molar-refractivity contribution in [2.75, 3.05) is 13.1 Å². The second-order valence-electron chi connectivity index (χ2n) is 5.73. The number of aromatic nitrogens is 2. The van der Waals surface area contributed by atoms with Gasteiger partial charge in [-0.2, -0.15) is 0 Å². The molecule has 0 bridgehead atoms. The fourth-order valence-electron chi connectivity index (χ4n) is 2.94. The van der Waals surface area contributed by atoms with E-state index in [1.807, 2.05) is 12.1 Å². The quantitative estimate of drug-likeness (QED) is 0.738. The molecule has 1 aliphatic rings. The molecule has 3 aromatic rings. The van der Waals surface area contributed by atoms with Crippen molar-refractivity contribution in [1.29, 1.82) is 0 Å². The van der Waals surface area contributed by atoms with Crippen molar-refractivity contribution in [2.24, 2.45) is 0 Å². The number of rotatable bonds is 4. The fourth-order valence-corrected chi connectivity index (χ4v) is 2.94. The van der Waals surface area contributed by atoms with E-state index in [1.165, 1.54) is 6.07 Å². The average molecular weight is 313 g/mol. The molecule has 0 unspecified atom stereocenters. The van der Waals surface area contributed by atoms with Crippen LogP contribution < -0.4 is 0 Å². The Hall–Kier alpha value is -2.47. The van der Waals surface area contributed by atoms with Crippen LogP contribution in [0.3, 0.4) is 0 Å². The third-order valence-corrected chi connectivity index (χ3v) is 4.13. The van der Waals surface area contributed by atoms with Crippen LogP contribution in [0.25, 0.3) is 11.5 Å². The van der Waals surface area contributed by atoms with E-state index in [2.05, 4.69) is 15.1 Å². The van der Waals surface area contributed by atoms with Crippen LogP contribution in [0.15, 0.2) is 51.5 Å². The van der Waals surface area contributed by atoms with Gasteiger partial charge in [0.25, 0.3) is 5.89 Å². The molecule has 1 atom stereocenters. The minimum atomic E-state index is -0.353. The largest absolute Gasteiger partial charge is 0.468 e.